The lowest BCUT2D eigenvalue weighted by atomic mass is 9.71. The Balaban J connectivity index is 2.00. The van der Waals surface area contributed by atoms with Gasteiger partial charge in [-0.3, -0.25) is 0 Å². The number of hydrogen-bond acceptors (Lipinski definition) is 1. The fourth-order valence-electron chi connectivity index (χ4n) is 4.43. The first-order valence-corrected chi connectivity index (χ1v) is 11.2. The van der Waals surface area contributed by atoms with Crippen LogP contribution in [0.25, 0.3) is 0 Å². The Bertz CT molecular complexity index is 771. The minimum Gasteiger partial charge on any atom is -0.303 e. The Hall–Kier alpha value is -2.38. The zero-order valence-electron chi connectivity index (χ0n) is 18.0. The summed E-state index contributed by atoms with van der Waals surface area (Å²) in [5.41, 5.74) is 3.76. The van der Waals surface area contributed by atoms with Crippen molar-refractivity contribution in [2.75, 3.05) is 6.54 Å². The van der Waals surface area contributed by atoms with Crippen molar-refractivity contribution in [2.24, 2.45) is 0 Å². The Morgan fingerprint density at radius 3 is 1.66 bits per heavy atom. The van der Waals surface area contributed by atoms with Crippen LogP contribution in [0.3, 0.4) is 0 Å². The second kappa shape index (κ2) is 11.0. The van der Waals surface area contributed by atoms with Gasteiger partial charge in [-0.15, -0.1) is 0 Å². The third kappa shape index (κ3) is 5.16. The Kier molecular flexibility index (Phi) is 8.07. The number of benzene rings is 3. The van der Waals surface area contributed by atoms with E-state index in [-0.39, 0.29) is 5.54 Å². The molecule has 0 saturated heterocycles. The van der Waals surface area contributed by atoms with Crippen LogP contribution >= 0.6 is 0 Å². The Morgan fingerprint density at radius 2 is 1.14 bits per heavy atom. The maximum atomic E-state index is 4.04. The molecule has 0 bridgehead atoms. The van der Waals surface area contributed by atoms with Crippen LogP contribution in [0.5, 0.6) is 0 Å². The summed E-state index contributed by atoms with van der Waals surface area (Å²) in [6.45, 7) is 5.65. The van der Waals surface area contributed by atoms with Gasteiger partial charge in [0, 0.05) is 5.92 Å². The zero-order chi connectivity index (χ0) is 20.4. The summed E-state index contributed by atoms with van der Waals surface area (Å²) < 4.78 is 0. The summed E-state index contributed by atoms with van der Waals surface area (Å²) >= 11 is 0. The number of nitrogens with one attached hydrogen (secondary N) is 1. The Labute approximate surface area is 177 Å². The highest BCUT2D eigenvalue weighted by Gasteiger charge is 2.39. The summed E-state index contributed by atoms with van der Waals surface area (Å²) in [7, 11) is 0. The molecule has 3 aromatic carbocycles. The van der Waals surface area contributed by atoms with Crippen molar-refractivity contribution in [3.8, 4) is 0 Å². The molecule has 0 aromatic heterocycles. The van der Waals surface area contributed by atoms with Crippen LogP contribution in [0, 0.1) is 0 Å². The highest BCUT2D eigenvalue weighted by molar-refractivity contribution is 5.43. The second-order valence-electron chi connectivity index (χ2n) is 8.01. The summed E-state index contributed by atoms with van der Waals surface area (Å²) in [5, 5.41) is 4.04. The molecule has 0 aliphatic rings. The second-order valence-corrected chi connectivity index (χ2v) is 8.01. The monoisotopic (exact) mass is 385 g/mol. The molecule has 29 heavy (non-hydrogen) atoms. The molecular weight excluding hydrogens is 350 g/mol. The predicted molar refractivity (Wildman–Crippen MR) is 125 cm³/mol. The number of rotatable bonds is 11. The summed E-state index contributed by atoms with van der Waals surface area (Å²) in [5.74, 6) is 0.296. The maximum Gasteiger partial charge on any atom is 0.0757 e. The van der Waals surface area contributed by atoms with E-state index in [1.54, 1.807) is 0 Å². The fraction of sp³-hybridized carbons (Fsp3) is 0.357. The van der Waals surface area contributed by atoms with Crippen molar-refractivity contribution >= 4 is 0 Å². The number of hydrogen-bond donors (Lipinski definition) is 1. The van der Waals surface area contributed by atoms with Crippen molar-refractivity contribution in [3.05, 3.63) is 108 Å². The lowest BCUT2D eigenvalue weighted by molar-refractivity contribution is 0.337. The van der Waals surface area contributed by atoms with Crippen LogP contribution in [0.1, 0.15) is 68.6 Å². The Morgan fingerprint density at radius 1 is 0.655 bits per heavy atom. The first-order valence-electron chi connectivity index (χ1n) is 11.2. The third-order valence-corrected chi connectivity index (χ3v) is 6.09. The number of unbranched alkanes of at least 4 members (excludes halogenated alkanes) is 4. The molecule has 0 aliphatic carbocycles. The van der Waals surface area contributed by atoms with E-state index in [4.69, 9.17) is 0 Å². The third-order valence-electron chi connectivity index (χ3n) is 6.09. The van der Waals surface area contributed by atoms with Crippen LogP contribution in [0.4, 0.5) is 0 Å². The van der Waals surface area contributed by atoms with Crippen LogP contribution in [0.15, 0.2) is 91.0 Å². The van der Waals surface area contributed by atoms with Gasteiger partial charge in [-0.05, 0) is 29.7 Å². The normalized spacial score (nSPS) is 12.6. The van der Waals surface area contributed by atoms with E-state index in [0.717, 1.165) is 6.54 Å². The van der Waals surface area contributed by atoms with Gasteiger partial charge < -0.3 is 5.32 Å². The smallest absolute Gasteiger partial charge is 0.0757 e. The molecule has 0 radical (unpaired) electrons. The lowest BCUT2D eigenvalue weighted by Gasteiger charge is -2.42. The van der Waals surface area contributed by atoms with Gasteiger partial charge in [0.2, 0.25) is 0 Å². The molecule has 0 aliphatic heterocycles. The van der Waals surface area contributed by atoms with Gasteiger partial charge >= 0.3 is 0 Å². The SMILES string of the molecule is CCCCCCCNC(c1ccccc1)(c1ccccc1)C(C)c1ccccc1. The van der Waals surface area contributed by atoms with Crippen LogP contribution < -0.4 is 5.32 Å². The molecule has 1 nitrogen and oxygen atoms in total. The summed E-state index contributed by atoms with van der Waals surface area (Å²) in [4.78, 5) is 0. The van der Waals surface area contributed by atoms with Gasteiger partial charge in [-0.1, -0.05) is 131 Å². The predicted octanol–water partition coefficient (Wildman–Crippen LogP) is 7.29. The first-order chi connectivity index (χ1) is 14.3. The quantitative estimate of drug-likeness (QED) is 0.342. The van der Waals surface area contributed by atoms with Crippen LogP contribution in [-0.4, -0.2) is 6.54 Å². The largest absolute Gasteiger partial charge is 0.303 e. The zero-order valence-corrected chi connectivity index (χ0v) is 18.0. The summed E-state index contributed by atoms with van der Waals surface area (Å²) in [6.07, 6.45) is 6.46. The van der Waals surface area contributed by atoms with E-state index in [1.165, 1.54) is 48.8 Å². The van der Waals surface area contributed by atoms with Crippen LogP contribution in [0.2, 0.25) is 0 Å². The molecule has 0 fully saturated rings. The van der Waals surface area contributed by atoms with Gasteiger partial charge in [0.05, 0.1) is 5.54 Å². The van der Waals surface area contributed by atoms with Crippen molar-refractivity contribution in [1.29, 1.82) is 0 Å². The highest BCUT2D eigenvalue weighted by Crippen LogP contribution is 2.42. The van der Waals surface area contributed by atoms with Gasteiger partial charge in [0.25, 0.3) is 0 Å². The average Bonchev–Trinajstić information content (AvgIpc) is 2.80. The lowest BCUT2D eigenvalue weighted by Crippen LogP contribution is -2.48. The molecule has 3 rings (SSSR count). The summed E-state index contributed by atoms with van der Waals surface area (Å²) in [6, 6.07) is 32.9. The van der Waals surface area contributed by atoms with E-state index < -0.39 is 0 Å². The molecule has 0 amide bonds. The topological polar surface area (TPSA) is 12.0 Å². The molecule has 1 N–H and O–H groups in total. The average molecular weight is 386 g/mol. The molecule has 1 heteroatoms. The first kappa shape index (κ1) is 21.3. The van der Waals surface area contributed by atoms with E-state index in [0.29, 0.717) is 5.92 Å². The molecule has 0 spiro atoms. The minimum atomic E-state index is -0.255. The molecule has 1 atom stereocenters. The van der Waals surface area contributed by atoms with Crippen LogP contribution in [-0.2, 0) is 5.54 Å². The van der Waals surface area contributed by atoms with Gasteiger partial charge in [0.1, 0.15) is 0 Å². The molecule has 3 aromatic rings. The molecular formula is C28H35N. The van der Waals surface area contributed by atoms with Gasteiger partial charge in [-0.25, -0.2) is 0 Å². The fourth-order valence-corrected chi connectivity index (χ4v) is 4.43. The van der Waals surface area contributed by atoms with E-state index in [2.05, 4.69) is 110 Å². The van der Waals surface area contributed by atoms with Gasteiger partial charge in [-0.2, -0.15) is 0 Å². The van der Waals surface area contributed by atoms with Crippen molar-refractivity contribution < 1.29 is 0 Å². The molecule has 1 unspecified atom stereocenters. The standard InChI is InChI=1S/C28H35N/c1-3-4-5-6-16-23-29-28(26-19-12-8-13-20-26,27-21-14-9-15-22-27)24(2)25-17-10-7-11-18-25/h7-15,17-22,24,29H,3-6,16,23H2,1-2H3. The van der Waals surface area contributed by atoms with E-state index >= 15 is 0 Å². The minimum absolute atomic E-state index is 0.255. The van der Waals surface area contributed by atoms with E-state index in [9.17, 15) is 0 Å². The molecule has 0 heterocycles. The highest BCUT2D eigenvalue weighted by atomic mass is 15.0. The van der Waals surface area contributed by atoms with E-state index in [1.807, 2.05) is 0 Å². The maximum absolute atomic E-state index is 4.04. The van der Waals surface area contributed by atoms with Gasteiger partial charge in [0.15, 0.2) is 0 Å². The van der Waals surface area contributed by atoms with Crippen molar-refractivity contribution in [1.82, 2.24) is 5.32 Å². The van der Waals surface area contributed by atoms with Crippen molar-refractivity contribution in [2.45, 2.75) is 57.4 Å². The molecule has 152 valence electrons. The van der Waals surface area contributed by atoms with Crippen molar-refractivity contribution in [3.63, 3.8) is 0 Å². The molecule has 0 saturated carbocycles.